The first-order valence-electron chi connectivity index (χ1n) is 6.22. The summed E-state index contributed by atoms with van der Waals surface area (Å²) in [5.74, 6) is 0. The fourth-order valence-corrected chi connectivity index (χ4v) is 1.94. The lowest BCUT2D eigenvalue weighted by atomic mass is 10.0. The predicted molar refractivity (Wildman–Crippen MR) is 83.5 cm³/mol. The molecule has 2 rings (SSSR count). The van der Waals surface area contributed by atoms with Crippen LogP contribution in [-0.4, -0.2) is 41.0 Å². The summed E-state index contributed by atoms with van der Waals surface area (Å²) >= 11 is 3.42. The first-order chi connectivity index (χ1) is 8.90. The SMILES string of the molecule is CN(C)C(C)(C)CNc1ccnc2cc(Br)cnc12. The molecular weight excluding hydrogens is 304 g/mol. The minimum absolute atomic E-state index is 0.0744. The molecule has 2 aromatic heterocycles. The van der Waals surface area contributed by atoms with Crippen molar-refractivity contribution in [2.45, 2.75) is 19.4 Å². The van der Waals surface area contributed by atoms with Gasteiger partial charge in [0.2, 0.25) is 0 Å². The molecule has 0 aliphatic carbocycles. The summed E-state index contributed by atoms with van der Waals surface area (Å²) < 4.78 is 0.943. The summed E-state index contributed by atoms with van der Waals surface area (Å²) in [6, 6.07) is 3.94. The van der Waals surface area contributed by atoms with Crippen LogP contribution in [0.25, 0.3) is 11.0 Å². The molecule has 0 saturated heterocycles. The predicted octanol–water partition coefficient (Wildman–Crippen LogP) is 3.14. The Kier molecular flexibility index (Phi) is 4.06. The summed E-state index contributed by atoms with van der Waals surface area (Å²) in [6.45, 7) is 5.25. The van der Waals surface area contributed by atoms with Crippen molar-refractivity contribution in [2.75, 3.05) is 26.0 Å². The molecule has 2 aromatic rings. The van der Waals surface area contributed by atoms with Crippen LogP contribution in [0.1, 0.15) is 13.8 Å². The Labute approximate surface area is 122 Å². The minimum atomic E-state index is 0.0744. The second kappa shape index (κ2) is 5.43. The molecule has 0 bridgehead atoms. The molecule has 0 aromatic carbocycles. The van der Waals surface area contributed by atoms with E-state index >= 15 is 0 Å². The Bertz CT molecular complexity index is 581. The summed E-state index contributed by atoms with van der Waals surface area (Å²) in [5.41, 5.74) is 2.89. The van der Waals surface area contributed by atoms with Crippen LogP contribution in [0.3, 0.4) is 0 Å². The molecule has 0 amide bonds. The van der Waals surface area contributed by atoms with Gasteiger partial charge in [-0.15, -0.1) is 0 Å². The average Bonchev–Trinajstić information content (AvgIpc) is 2.35. The Morgan fingerprint density at radius 3 is 2.74 bits per heavy atom. The Morgan fingerprint density at radius 1 is 1.32 bits per heavy atom. The van der Waals surface area contributed by atoms with Gasteiger partial charge in [0.05, 0.1) is 11.2 Å². The second-order valence-electron chi connectivity index (χ2n) is 5.44. The molecule has 5 heteroatoms. The van der Waals surface area contributed by atoms with Crippen molar-refractivity contribution in [3.05, 3.63) is 29.0 Å². The molecule has 0 radical (unpaired) electrons. The maximum Gasteiger partial charge on any atom is 0.112 e. The minimum Gasteiger partial charge on any atom is -0.381 e. The van der Waals surface area contributed by atoms with Crippen molar-refractivity contribution in [3.8, 4) is 0 Å². The third-order valence-electron chi connectivity index (χ3n) is 3.47. The van der Waals surface area contributed by atoms with E-state index in [2.05, 4.69) is 64.1 Å². The fraction of sp³-hybridized carbons (Fsp3) is 0.429. The van der Waals surface area contributed by atoms with E-state index < -0.39 is 0 Å². The summed E-state index contributed by atoms with van der Waals surface area (Å²) in [5, 5.41) is 3.47. The van der Waals surface area contributed by atoms with Crippen LogP contribution in [0, 0.1) is 0 Å². The van der Waals surface area contributed by atoms with E-state index in [4.69, 9.17) is 0 Å². The van der Waals surface area contributed by atoms with E-state index in [0.717, 1.165) is 27.7 Å². The van der Waals surface area contributed by atoms with Crippen LogP contribution in [0.4, 0.5) is 5.69 Å². The topological polar surface area (TPSA) is 41.0 Å². The Balaban J connectivity index is 2.26. The van der Waals surface area contributed by atoms with E-state index in [9.17, 15) is 0 Å². The molecule has 2 heterocycles. The molecule has 19 heavy (non-hydrogen) atoms. The van der Waals surface area contributed by atoms with Gasteiger partial charge in [-0.05, 0) is 56.0 Å². The zero-order valence-electron chi connectivity index (χ0n) is 11.7. The molecule has 4 nitrogen and oxygen atoms in total. The highest BCUT2D eigenvalue weighted by Gasteiger charge is 2.20. The smallest absolute Gasteiger partial charge is 0.112 e. The van der Waals surface area contributed by atoms with Crippen LogP contribution in [0.2, 0.25) is 0 Å². The standard InChI is InChI=1S/C14H19BrN4/c1-14(2,19(3)4)9-18-11-5-6-16-12-7-10(15)8-17-13(11)12/h5-8H,9H2,1-4H3,(H,16,18). The van der Waals surface area contributed by atoms with E-state index in [1.165, 1.54) is 0 Å². The molecule has 0 spiro atoms. The van der Waals surface area contributed by atoms with Gasteiger partial charge in [-0.25, -0.2) is 0 Å². The maximum absolute atomic E-state index is 4.44. The van der Waals surface area contributed by atoms with Gasteiger partial charge in [-0.3, -0.25) is 9.97 Å². The largest absolute Gasteiger partial charge is 0.381 e. The lowest BCUT2D eigenvalue weighted by Gasteiger charge is -2.33. The highest BCUT2D eigenvalue weighted by molar-refractivity contribution is 9.10. The normalized spacial score (nSPS) is 12.1. The van der Waals surface area contributed by atoms with E-state index in [1.54, 1.807) is 12.4 Å². The number of halogens is 1. The molecule has 0 fully saturated rings. The van der Waals surface area contributed by atoms with Crippen LogP contribution in [0.15, 0.2) is 29.0 Å². The number of anilines is 1. The Morgan fingerprint density at radius 2 is 2.05 bits per heavy atom. The van der Waals surface area contributed by atoms with Crippen molar-refractivity contribution in [1.82, 2.24) is 14.9 Å². The third-order valence-corrected chi connectivity index (χ3v) is 3.90. The number of likely N-dealkylation sites (N-methyl/N-ethyl adjacent to an activating group) is 1. The highest BCUT2D eigenvalue weighted by Crippen LogP contribution is 2.23. The molecule has 0 saturated carbocycles. The first kappa shape index (κ1) is 14.2. The van der Waals surface area contributed by atoms with Gasteiger partial charge in [-0.1, -0.05) is 0 Å². The van der Waals surface area contributed by atoms with Crippen LogP contribution in [0.5, 0.6) is 0 Å². The number of rotatable bonds is 4. The molecule has 102 valence electrons. The quantitative estimate of drug-likeness (QED) is 0.938. The maximum atomic E-state index is 4.44. The van der Waals surface area contributed by atoms with Gasteiger partial charge in [0.25, 0.3) is 0 Å². The molecule has 0 aliphatic rings. The number of hydrogen-bond donors (Lipinski definition) is 1. The van der Waals surface area contributed by atoms with Crippen molar-refractivity contribution < 1.29 is 0 Å². The van der Waals surface area contributed by atoms with Crippen LogP contribution < -0.4 is 5.32 Å². The number of aromatic nitrogens is 2. The summed E-state index contributed by atoms with van der Waals surface area (Å²) in [6.07, 6.45) is 3.60. The van der Waals surface area contributed by atoms with E-state index in [1.807, 2.05) is 12.1 Å². The first-order valence-corrected chi connectivity index (χ1v) is 7.01. The number of fused-ring (bicyclic) bond motifs is 1. The number of nitrogens with one attached hydrogen (secondary N) is 1. The van der Waals surface area contributed by atoms with E-state index in [-0.39, 0.29) is 5.54 Å². The van der Waals surface area contributed by atoms with Gasteiger partial charge in [0.15, 0.2) is 0 Å². The molecule has 0 unspecified atom stereocenters. The van der Waals surface area contributed by atoms with Crippen LogP contribution >= 0.6 is 15.9 Å². The Hall–Kier alpha value is -1.20. The van der Waals surface area contributed by atoms with Gasteiger partial charge in [0.1, 0.15) is 5.52 Å². The van der Waals surface area contributed by atoms with Crippen molar-refractivity contribution in [1.29, 1.82) is 0 Å². The molecule has 0 atom stereocenters. The molecule has 1 N–H and O–H groups in total. The highest BCUT2D eigenvalue weighted by atomic mass is 79.9. The number of nitrogens with zero attached hydrogens (tertiary/aromatic N) is 3. The average molecular weight is 323 g/mol. The zero-order chi connectivity index (χ0) is 14.0. The lowest BCUT2D eigenvalue weighted by molar-refractivity contribution is 0.210. The zero-order valence-corrected chi connectivity index (χ0v) is 13.3. The van der Waals surface area contributed by atoms with Crippen molar-refractivity contribution in [2.24, 2.45) is 0 Å². The van der Waals surface area contributed by atoms with Gasteiger partial charge < -0.3 is 10.2 Å². The van der Waals surface area contributed by atoms with Gasteiger partial charge in [0, 0.05) is 29.0 Å². The third kappa shape index (κ3) is 3.22. The monoisotopic (exact) mass is 322 g/mol. The van der Waals surface area contributed by atoms with Crippen LogP contribution in [-0.2, 0) is 0 Å². The summed E-state index contributed by atoms with van der Waals surface area (Å²) in [4.78, 5) is 11.0. The van der Waals surface area contributed by atoms with Gasteiger partial charge >= 0.3 is 0 Å². The number of hydrogen-bond acceptors (Lipinski definition) is 4. The summed E-state index contributed by atoms with van der Waals surface area (Å²) in [7, 11) is 4.17. The van der Waals surface area contributed by atoms with E-state index in [0.29, 0.717) is 0 Å². The molecular formula is C14H19BrN4. The van der Waals surface area contributed by atoms with Crippen molar-refractivity contribution in [3.63, 3.8) is 0 Å². The van der Waals surface area contributed by atoms with Gasteiger partial charge in [-0.2, -0.15) is 0 Å². The lowest BCUT2D eigenvalue weighted by Crippen LogP contribution is -2.44. The second-order valence-corrected chi connectivity index (χ2v) is 6.36. The van der Waals surface area contributed by atoms with Crippen molar-refractivity contribution >= 4 is 32.7 Å². The molecule has 0 aliphatic heterocycles. The number of pyridine rings is 2. The fourth-order valence-electron chi connectivity index (χ4n) is 1.62.